The third-order valence-corrected chi connectivity index (χ3v) is 2.95. The minimum Gasteiger partial charge on any atom is -0.394 e. The molecule has 0 amide bonds. The number of alkyl halides is 1. The van der Waals surface area contributed by atoms with Crippen LogP contribution in [-0.4, -0.2) is 44.2 Å². The van der Waals surface area contributed by atoms with Gasteiger partial charge in [0.25, 0.3) is 5.56 Å². The Morgan fingerprint density at radius 3 is 2.84 bits per heavy atom. The molecule has 102 valence electrons. The number of H-pyrrole nitrogens is 1. The molecule has 1 aromatic rings. The highest BCUT2D eigenvalue weighted by molar-refractivity contribution is 5.19. The van der Waals surface area contributed by atoms with Crippen LogP contribution >= 0.6 is 0 Å². The van der Waals surface area contributed by atoms with Crippen LogP contribution in [0.25, 0.3) is 0 Å². The zero-order valence-corrected chi connectivity index (χ0v) is 9.62. The van der Waals surface area contributed by atoms with E-state index in [0.717, 1.165) is 16.8 Å². The first-order chi connectivity index (χ1) is 8.93. The van der Waals surface area contributed by atoms with Crippen LogP contribution in [0, 0.1) is 12.3 Å². The van der Waals surface area contributed by atoms with Crippen molar-refractivity contribution in [1.82, 2.24) is 9.55 Å². The van der Waals surface area contributed by atoms with Gasteiger partial charge in [0, 0.05) is 12.3 Å². The third kappa shape index (κ3) is 1.98. The predicted molar refractivity (Wildman–Crippen MR) is 61.0 cm³/mol. The summed E-state index contributed by atoms with van der Waals surface area (Å²) in [5.74, 6) is 1.74. The number of rotatable bonds is 2. The largest absolute Gasteiger partial charge is 0.394 e. The Balaban J connectivity index is 2.52. The highest BCUT2D eigenvalue weighted by Gasteiger charge is 2.57. The van der Waals surface area contributed by atoms with Gasteiger partial charge in [-0.15, -0.1) is 6.42 Å². The Morgan fingerprint density at radius 1 is 1.63 bits per heavy atom. The van der Waals surface area contributed by atoms with Crippen molar-refractivity contribution in [1.29, 1.82) is 0 Å². The summed E-state index contributed by atoms with van der Waals surface area (Å²) in [7, 11) is 0. The minimum atomic E-state index is -2.69. The van der Waals surface area contributed by atoms with Crippen LogP contribution < -0.4 is 11.2 Å². The summed E-state index contributed by atoms with van der Waals surface area (Å²) in [6, 6.07) is 0.986. The van der Waals surface area contributed by atoms with Crippen molar-refractivity contribution < 1.29 is 19.3 Å². The van der Waals surface area contributed by atoms with Crippen molar-refractivity contribution in [2.75, 3.05) is 6.61 Å². The van der Waals surface area contributed by atoms with Crippen molar-refractivity contribution in [3.8, 4) is 12.3 Å². The van der Waals surface area contributed by atoms with Gasteiger partial charge in [0.15, 0.2) is 6.23 Å². The van der Waals surface area contributed by atoms with Gasteiger partial charge in [-0.1, -0.05) is 5.92 Å². The second kappa shape index (κ2) is 4.62. The smallest absolute Gasteiger partial charge is 0.330 e. The van der Waals surface area contributed by atoms with Crippen LogP contribution in [0.4, 0.5) is 4.39 Å². The van der Waals surface area contributed by atoms with Crippen molar-refractivity contribution in [3.05, 3.63) is 33.1 Å². The lowest BCUT2D eigenvalue weighted by atomic mass is 9.97. The second-order valence-corrected chi connectivity index (χ2v) is 4.08. The molecular formula is C11H11FN2O5. The topological polar surface area (TPSA) is 105 Å². The van der Waals surface area contributed by atoms with Crippen LogP contribution in [0.3, 0.4) is 0 Å². The standard InChI is InChI=1S/C11H11FN2O5/c1-2-11(12)8(17)6(5-15)19-9(11)14-4-3-7(16)13-10(14)18/h1,3-4,6,8-9,15,17H,5H2,(H,13,16,18)/t6?,8-,9-,11-/m1/s1. The number of aromatic amines is 1. The normalized spacial score (nSPS) is 34.1. The van der Waals surface area contributed by atoms with E-state index in [1.807, 2.05) is 4.98 Å². The lowest BCUT2D eigenvalue weighted by Gasteiger charge is -2.23. The molecule has 0 saturated carbocycles. The Morgan fingerprint density at radius 2 is 2.32 bits per heavy atom. The maximum atomic E-state index is 14.5. The highest BCUT2D eigenvalue weighted by Crippen LogP contribution is 2.40. The zero-order valence-electron chi connectivity index (χ0n) is 9.62. The number of ether oxygens (including phenoxy) is 1. The number of aromatic nitrogens is 2. The van der Waals surface area contributed by atoms with Crippen LogP contribution in [0.5, 0.6) is 0 Å². The van der Waals surface area contributed by atoms with Crippen molar-refractivity contribution in [2.45, 2.75) is 24.1 Å². The maximum absolute atomic E-state index is 14.5. The molecule has 0 aliphatic carbocycles. The lowest BCUT2D eigenvalue weighted by Crippen LogP contribution is -2.44. The van der Waals surface area contributed by atoms with Gasteiger partial charge < -0.3 is 14.9 Å². The summed E-state index contributed by atoms with van der Waals surface area (Å²) in [4.78, 5) is 24.4. The van der Waals surface area contributed by atoms with Crippen LogP contribution in [0.15, 0.2) is 21.9 Å². The Labute approximate surface area is 106 Å². The van der Waals surface area contributed by atoms with Gasteiger partial charge in [0.05, 0.1) is 6.61 Å². The van der Waals surface area contributed by atoms with E-state index in [2.05, 4.69) is 0 Å². The lowest BCUT2D eigenvalue weighted by molar-refractivity contribution is -0.0543. The number of aliphatic hydroxyl groups excluding tert-OH is 2. The first-order valence-corrected chi connectivity index (χ1v) is 5.36. The van der Waals surface area contributed by atoms with Crippen LogP contribution in [0.1, 0.15) is 6.23 Å². The van der Waals surface area contributed by atoms with E-state index in [9.17, 15) is 19.1 Å². The minimum absolute atomic E-state index is 0.663. The molecule has 8 heteroatoms. The molecule has 1 saturated heterocycles. The first-order valence-electron chi connectivity index (χ1n) is 5.36. The molecule has 3 N–H and O–H groups in total. The van der Waals surface area contributed by atoms with E-state index in [-0.39, 0.29) is 0 Å². The van der Waals surface area contributed by atoms with Gasteiger partial charge in [-0.2, -0.15) is 0 Å². The summed E-state index contributed by atoms with van der Waals surface area (Å²) < 4.78 is 20.3. The van der Waals surface area contributed by atoms with Crippen LogP contribution in [-0.2, 0) is 4.74 Å². The Kier molecular flexibility index (Phi) is 3.28. The molecule has 2 heterocycles. The molecular weight excluding hydrogens is 259 g/mol. The highest BCUT2D eigenvalue weighted by atomic mass is 19.1. The van der Waals surface area contributed by atoms with Gasteiger partial charge in [-0.25, -0.2) is 9.18 Å². The van der Waals surface area contributed by atoms with E-state index in [1.54, 1.807) is 5.92 Å². The quantitative estimate of drug-likeness (QED) is 0.546. The number of nitrogens with zero attached hydrogens (tertiary/aromatic N) is 1. The molecule has 7 nitrogen and oxygen atoms in total. The number of aliphatic hydroxyl groups is 2. The molecule has 0 spiro atoms. The molecule has 0 radical (unpaired) electrons. The number of hydrogen-bond acceptors (Lipinski definition) is 5. The van der Waals surface area contributed by atoms with E-state index < -0.39 is 42.0 Å². The number of halogens is 1. The Hall–Kier alpha value is -1.95. The van der Waals surface area contributed by atoms with E-state index in [0.29, 0.717) is 0 Å². The summed E-state index contributed by atoms with van der Waals surface area (Å²) in [5, 5.41) is 18.7. The zero-order chi connectivity index (χ0) is 14.2. The van der Waals surface area contributed by atoms with Crippen molar-refractivity contribution >= 4 is 0 Å². The number of hydrogen-bond donors (Lipinski definition) is 3. The molecule has 19 heavy (non-hydrogen) atoms. The Bertz CT molecular complexity index is 633. The van der Waals surface area contributed by atoms with E-state index in [4.69, 9.17) is 16.3 Å². The molecule has 1 fully saturated rings. The summed E-state index contributed by atoms with van der Waals surface area (Å²) in [6.07, 6.45) is 1.38. The molecule has 1 aliphatic heterocycles. The average molecular weight is 270 g/mol. The molecule has 4 atom stereocenters. The number of nitrogens with one attached hydrogen (secondary N) is 1. The fraction of sp³-hybridized carbons (Fsp3) is 0.455. The number of terminal acetylenes is 1. The summed E-state index contributed by atoms with van der Waals surface area (Å²) in [5.41, 5.74) is -4.28. The summed E-state index contributed by atoms with van der Waals surface area (Å²) in [6.45, 7) is -0.664. The molecule has 1 aliphatic rings. The first kappa shape index (κ1) is 13.5. The predicted octanol–water partition coefficient (Wildman–Crippen LogP) is -1.87. The maximum Gasteiger partial charge on any atom is 0.330 e. The molecule has 0 bridgehead atoms. The molecule has 1 aromatic heterocycles. The van der Waals surface area contributed by atoms with Crippen molar-refractivity contribution in [2.24, 2.45) is 0 Å². The SMILES string of the molecule is C#C[C@@]1(F)[C@H](O)C(CO)O[C@H]1n1ccc(=O)[nH]c1=O. The monoisotopic (exact) mass is 270 g/mol. The average Bonchev–Trinajstić information content (AvgIpc) is 2.63. The van der Waals surface area contributed by atoms with Gasteiger partial charge in [0.2, 0.25) is 5.67 Å². The summed E-state index contributed by atoms with van der Waals surface area (Å²) >= 11 is 0. The van der Waals surface area contributed by atoms with E-state index in [1.165, 1.54) is 0 Å². The van der Waals surface area contributed by atoms with Gasteiger partial charge in [-0.3, -0.25) is 14.3 Å². The second-order valence-electron chi connectivity index (χ2n) is 4.08. The van der Waals surface area contributed by atoms with Crippen molar-refractivity contribution in [3.63, 3.8) is 0 Å². The molecule has 2 rings (SSSR count). The molecule has 1 unspecified atom stereocenters. The fourth-order valence-electron chi connectivity index (χ4n) is 1.94. The van der Waals surface area contributed by atoms with Crippen LogP contribution in [0.2, 0.25) is 0 Å². The van der Waals surface area contributed by atoms with Gasteiger partial charge in [0.1, 0.15) is 12.2 Å². The van der Waals surface area contributed by atoms with Gasteiger partial charge >= 0.3 is 5.69 Å². The molecule has 0 aromatic carbocycles. The van der Waals surface area contributed by atoms with E-state index >= 15 is 0 Å². The van der Waals surface area contributed by atoms with Gasteiger partial charge in [-0.05, 0) is 0 Å². The third-order valence-electron chi connectivity index (χ3n) is 2.95. The fourth-order valence-corrected chi connectivity index (χ4v) is 1.94.